The summed E-state index contributed by atoms with van der Waals surface area (Å²) in [4.78, 5) is 13.6. The monoisotopic (exact) mass is 295 g/mol. The highest BCUT2D eigenvalue weighted by atomic mass is 35.5. The number of amides is 1. The first-order valence-corrected chi connectivity index (χ1v) is 7.77. The number of hydrogen-bond donors (Lipinski definition) is 0. The smallest absolute Gasteiger partial charge is 0.410 e. The van der Waals surface area contributed by atoms with E-state index in [0.717, 1.165) is 18.4 Å². The summed E-state index contributed by atoms with van der Waals surface area (Å²) in [5.74, 6) is 0. The molecule has 1 heterocycles. The molecule has 1 aliphatic heterocycles. The molecule has 4 heteroatoms. The van der Waals surface area contributed by atoms with Crippen molar-refractivity contribution in [2.45, 2.75) is 51.7 Å². The molecule has 0 saturated carbocycles. The summed E-state index contributed by atoms with van der Waals surface area (Å²) >= 11 is 5.86. The van der Waals surface area contributed by atoms with E-state index >= 15 is 0 Å². The zero-order valence-electron chi connectivity index (χ0n) is 12.0. The van der Waals surface area contributed by atoms with E-state index in [-0.39, 0.29) is 12.2 Å². The van der Waals surface area contributed by atoms with Gasteiger partial charge >= 0.3 is 6.09 Å². The van der Waals surface area contributed by atoms with Crippen molar-refractivity contribution in [2.75, 3.05) is 6.54 Å². The molecule has 0 radical (unpaired) electrons. The molecule has 3 nitrogen and oxygen atoms in total. The molecule has 0 aromatic heterocycles. The molecule has 1 aromatic rings. The first kappa shape index (κ1) is 15.2. The Morgan fingerprint density at radius 2 is 2.00 bits per heavy atom. The van der Waals surface area contributed by atoms with E-state index in [9.17, 15) is 4.79 Å². The van der Waals surface area contributed by atoms with Gasteiger partial charge in [-0.3, -0.25) is 0 Å². The number of ether oxygens (including phenoxy) is 1. The van der Waals surface area contributed by atoms with Crippen molar-refractivity contribution in [3.63, 3.8) is 0 Å². The number of benzene rings is 1. The van der Waals surface area contributed by atoms with Gasteiger partial charge in [0.05, 0.1) is 6.54 Å². The summed E-state index contributed by atoms with van der Waals surface area (Å²) in [6.07, 6.45) is 5.69. The lowest BCUT2D eigenvalue weighted by atomic mass is 10.1. The van der Waals surface area contributed by atoms with E-state index in [1.165, 1.54) is 19.3 Å². The van der Waals surface area contributed by atoms with Gasteiger partial charge in [0.1, 0.15) is 6.10 Å². The van der Waals surface area contributed by atoms with Gasteiger partial charge < -0.3 is 9.64 Å². The molecular weight excluding hydrogens is 274 g/mol. The van der Waals surface area contributed by atoms with Crippen LogP contribution in [0, 0.1) is 0 Å². The normalized spacial score (nSPS) is 18.4. The molecule has 1 aliphatic rings. The van der Waals surface area contributed by atoms with Gasteiger partial charge in [-0.25, -0.2) is 4.79 Å². The maximum absolute atomic E-state index is 11.8. The first-order chi connectivity index (χ1) is 9.69. The summed E-state index contributed by atoms with van der Waals surface area (Å²) in [5.41, 5.74) is 1.08. The number of carbonyl (C=O) groups is 1. The Bertz CT molecular complexity index is 433. The Labute approximate surface area is 125 Å². The third-order valence-corrected chi connectivity index (χ3v) is 3.87. The average molecular weight is 296 g/mol. The first-order valence-electron chi connectivity index (χ1n) is 7.39. The Hall–Kier alpha value is -1.22. The van der Waals surface area contributed by atoms with Crippen LogP contribution in [0.2, 0.25) is 5.02 Å². The molecule has 1 fully saturated rings. The van der Waals surface area contributed by atoms with Crippen LogP contribution in [0.3, 0.4) is 0 Å². The van der Waals surface area contributed by atoms with Crippen LogP contribution in [0.15, 0.2) is 24.3 Å². The highest BCUT2D eigenvalue weighted by molar-refractivity contribution is 6.30. The number of hydrogen-bond acceptors (Lipinski definition) is 2. The van der Waals surface area contributed by atoms with E-state index in [0.29, 0.717) is 18.1 Å². The summed E-state index contributed by atoms with van der Waals surface area (Å²) in [5, 5.41) is 0.714. The highest BCUT2D eigenvalue weighted by Crippen LogP contribution is 2.20. The molecule has 0 aliphatic carbocycles. The molecule has 1 atom stereocenters. The highest BCUT2D eigenvalue weighted by Gasteiger charge is 2.30. The van der Waals surface area contributed by atoms with E-state index in [2.05, 4.69) is 6.92 Å². The quantitative estimate of drug-likeness (QED) is 0.686. The van der Waals surface area contributed by atoms with Crippen molar-refractivity contribution in [1.82, 2.24) is 4.90 Å². The van der Waals surface area contributed by atoms with Gasteiger partial charge in [0.15, 0.2) is 0 Å². The number of carbonyl (C=O) groups excluding carboxylic acids is 1. The molecular formula is C16H22ClNO2. The number of rotatable bonds is 7. The molecule has 110 valence electrons. The van der Waals surface area contributed by atoms with Gasteiger partial charge in [0.2, 0.25) is 0 Å². The number of unbranched alkanes of at least 4 members (excludes halogenated alkanes) is 3. The zero-order chi connectivity index (χ0) is 14.4. The summed E-state index contributed by atoms with van der Waals surface area (Å²) in [6.45, 7) is 3.50. The molecule has 0 N–H and O–H groups in total. The molecule has 1 aromatic carbocycles. The fourth-order valence-electron chi connectivity index (χ4n) is 2.46. The van der Waals surface area contributed by atoms with Crippen LogP contribution in [0.25, 0.3) is 0 Å². The number of cyclic esters (lactones) is 1. The van der Waals surface area contributed by atoms with E-state index < -0.39 is 0 Å². The topological polar surface area (TPSA) is 29.5 Å². The minimum Gasteiger partial charge on any atom is -0.444 e. The van der Waals surface area contributed by atoms with Crippen LogP contribution in [0.5, 0.6) is 0 Å². The van der Waals surface area contributed by atoms with Crippen molar-refractivity contribution < 1.29 is 9.53 Å². The van der Waals surface area contributed by atoms with E-state index in [1.54, 1.807) is 4.90 Å². The van der Waals surface area contributed by atoms with Crippen LogP contribution in [0.1, 0.15) is 44.6 Å². The predicted octanol–water partition coefficient (Wildman–Crippen LogP) is 4.63. The average Bonchev–Trinajstić information content (AvgIpc) is 2.78. The van der Waals surface area contributed by atoms with E-state index in [4.69, 9.17) is 16.3 Å². The minimum absolute atomic E-state index is 0.0617. The second kappa shape index (κ2) is 7.53. The third-order valence-electron chi connectivity index (χ3n) is 3.62. The Kier molecular flexibility index (Phi) is 5.72. The SMILES string of the molecule is CCCCCCC1CN(Cc2ccc(Cl)cc2)C(=O)O1. The van der Waals surface area contributed by atoms with Crippen molar-refractivity contribution >= 4 is 17.7 Å². The van der Waals surface area contributed by atoms with Crippen LogP contribution in [-0.4, -0.2) is 23.6 Å². The fraction of sp³-hybridized carbons (Fsp3) is 0.562. The van der Waals surface area contributed by atoms with Gasteiger partial charge in [-0.15, -0.1) is 0 Å². The molecule has 1 amide bonds. The molecule has 20 heavy (non-hydrogen) atoms. The van der Waals surface area contributed by atoms with Gasteiger partial charge in [-0.2, -0.15) is 0 Å². The second-order valence-electron chi connectivity index (χ2n) is 5.36. The molecule has 2 rings (SSSR count). The fourth-order valence-corrected chi connectivity index (χ4v) is 2.59. The lowest BCUT2D eigenvalue weighted by molar-refractivity contribution is 0.127. The molecule has 1 saturated heterocycles. The maximum Gasteiger partial charge on any atom is 0.410 e. The molecule has 0 bridgehead atoms. The van der Waals surface area contributed by atoms with Gasteiger partial charge in [-0.1, -0.05) is 49.9 Å². The summed E-state index contributed by atoms with van der Waals surface area (Å²) < 4.78 is 5.41. The third kappa shape index (κ3) is 4.41. The van der Waals surface area contributed by atoms with Gasteiger partial charge in [-0.05, 0) is 30.5 Å². The minimum atomic E-state index is -0.194. The molecule has 0 spiro atoms. The maximum atomic E-state index is 11.8. The Balaban J connectivity index is 1.78. The zero-order valence-corrected chi connectivity index (χ0v) is 12.7. The number of halogens is 1. The van der Waals surface area contributed by atoms with Gasteiger partial charge in [0, 0.05) is 11.6 Å². The van der Waals surface area contributed by atoms with Gasteiger partial charge in [0.25, 0.3) is 0 Å². The van der Waals surface area contributed by atoms with E-state index in [1.807, 2.05) is 24.3 Å². The Morgan fingerprint density at radius 3 is 2.70 bits per heavy atom. The predicted molar refractivity (Wildman–Crippen MR) is 80.9 cm³/mol. The van der Waals surface area contributed by atoms with Crippen molar-refractivity contribution in [1.29, 1.82) is 0 Å². The Morgan fingerprint density at radius 1 is 1.25 bits per heavy atom. The summed E-state index contributed by atoms with van der Waals surface area (Å²) in [6, 6.07) is 7.59. The summed E-state index contributed by atoms with van der Waals surface area (Å²) in [7, 11) is 0. The number of nitrogens with zero attached hydrogens (tertiary/aromatic N) is 1. The lowest BCUT2D eigenvalue weighted by Crippen LogP contribution is -2.24. The molecule has 1 unspecified atom stereocenters. The lowest BCUT2D eigenvalue weighted by Gasteiger charge is -2.12. The van der Waals surface area contributed by atoms with Crippen molar-refractivity contribution in [3.05, 3.63) is 34.9 Å². The van der Waals surface area contributed by atoms with Crippen LogP contribution in [-0.2, 0) is 11.3 Å². The largest absolute Gasteiger partial charge is 0.444 e. The van der Waals surface area contributed by atoms with Crippen LogP contribution < -0.4 is 0 Å². The van der Waals surface area contributed by atoms with Crippen LogP contribution >= 0.6 is 11.6 Å². The van der Waals surface area contributed by atoms with Crippen molar-refractivity contribution in [2.24, 2.45) is 0 Å². The van der Waals surface area contributed by atoms with Crippen LogP contribution in [0.4, 0.5) is 4.79 Å². The second-order valence-corrected chi connectivity index (χ2v) is 5.80. The van der Waals surface area contributed by atoms with Crippen molar-refractivity contribution in [3.8, 4) is 0 Å². The standard InChI is InChI=1S/C16H22ClNO2/c1-2-3-4-5-6-15-12-18(16(19)20-15)11-13-7-9-14(17)10-8-13/h7-10,15H,2-6,11-12H2,1H3.